The number of rotatable bonds is 1. The summed E-state index contributed by atoms with van der Waals surface area (Å²) in [7, 11) is 0. The van der Waals surface area contributed by atoms with Gasteiger partial charge in [0.1, 0.15) is 0 Å². The maximum Gasteiger partial charge on any atom is 0.0620 e. The molecule has 0 N–H and O–H groups in total. The highest BCUT2D eigenvalue weighted by Gasteiger charge is 2.17. The van der Waals surface area contributed by atoms with E-state index in [1.807, 2.05) is 0 Å². The van der Waals surface area contributed by atoms with Gasteiger partial charge in [-0.15, -0.1) is 0 Å². The van der Waals surface area contributed by atoms with Crippen LogP contribution in [0.5, 0.6) is 0 Å². The van der Waals surface area contributed by atoms with Crippen molar-refractivity contribution in [3.05, 3.63) is 65.7 Å². The maximum absolute atomic E-state index is 2.44. The smallest absolute Gasteiger partial charge is 0.0620 e. The SMILES string of the molecule is CCc1ccc2c(c1)c1cc(C)cc3c4ccccc4n2c31. The lowest BCUT2D eigenvalue weighted by molar-refractivity contribution is 1.15. The molecule has 2 aromatic heterocycles. The second-order valence-electron chi connectivity index (χ2n) is 6.27. The van der Waals surface area contributed by atoms with E-state index in [9.17, 15) is 0 Å². The third kappa shape index (κ3) is 1.34. The monoisotopic (exact) mass is 283 g/mol. The molecule has 0 unspecified atom stereocenters. The van der Waals surface area contributed by atoms with E-state index in [-0.39, 0.29) is 0 Å². The van der Waals surface area contributed by atoms with Crippen LogP contribution in [-0.2, 0) is 6.42 Å². The molecule has 22 heavy (non-hydrogen) atoms. The van der Waals surface area contributed by atoms with Crippen molar-refractivity contribution in [3.8, 4) is 0 Å². The van der Waals surface area contributed by atoms with Crippen molar-refractivity contribution in [1.29, 1.82) is 0 Å². The Bertz CT molecular complexity index is 1160. The Kier molecular flexibility index (Phi) is 2.20. The minimum absolute atomic E-state index is 1.08. The summed E-state index contributed by atoms with van der Waals surface area (Å²) in [6.07, 6.45) is 1.08. The van der Waals surface area contributed by atoms with Gasteiger partial charge >= 0.3 is 0 Å². The number of hydrogen-bond acceptors (Lipinski definition) is 0. The van der Waals surface area contributed by atoms with Crippen molar-refractivity contribution in [2.75, 3.05) is 0 Å². The molecule has 0 aliphatic carbocycles. The van der Waals surface area contributed by atoms with Crippen LogP contribution >= 0.6 is 0 Å². The van der Waals surface area contributed by atoms with Crippen molar-refractivity contribution < 1.29 is 0 Å². The average Bonchev–Trinajstić information content (AvgIpc) is 3.04. The summed E-state index contributed by atoms with van der Waals surface area (Å²) in [6, 6.07) is 20.3. The molecule has 0 radical (unpaired) electrons. The minimum atomic E-state index is 1.08. The fraction of sp³-hybridized carbons (Fsp3) is 0.143. The van der Waals surface area contributed by atoms with Crippen molar-refractivity contribution in [3.63, 3.8) is 0 Å². The molecule has 5 aromatic rings. The van der Waals surface area contributed by atoms with Gasteiger partial charge in [-0.05, 0) is 54.8 Å². The van der Waals surface area contributed by atoms with Gasteiger partial charge in [0.05, 0.1) is 16.6 Å². The van der Waals surface area contributed by atoms with E-state index in [1.165, 1.54) is 49.2 Å². The molecule has 3 aromatic carbocycles. The Hall–Kier alpha value is -2.54. The number of para-hydroxylation sites is 1. The van der Waals surface area contributed by atoms with Crippen molar-refractivity contribution in [2.24, 2.45) is 0 Å². The Morgan fingerprint density at radius 1 is 0.773 bits per heavy atom. The molecule has 2 heterocycles. The lowest BCUT2D eigenvalue weighted by Crippen LogP contribution is -1.82. The highest BCUT2D eigenvalue weighted by atomic mass is 14.9. The summed E-state index contributed by atoms with van der Waals surface area (Å²) in [6.45, 7) is 4.42. The molecule has 0 fully saturated rings. The third-order valence-electron chi connectivity index (χ3n) is 4.91. The van der Waals surface area contributed by atoms with Crippen LogP contribution in [0.1, 0.15) is 18.1 Å². The van der Waals surface area contributed by atoms with Gasteiger partial charge in [0, 0.05) is 21.5 Å². The summed E-state index contributed by atoms with van der Waals surface area (Å²) in [5.41, 5.74) is 6.75. The van der Waals surface area contributed by atoms with Crippen molar-refractivity contribution in [1.82, 2.24) is 4.40 Å². The number of hydrogen-bond donors (Lipinski definition) is 0. The van der Waals surface area contributed by atoms with Crippen LogP contribution in [0.25, 0.3) is 38.1 Å². The van der Waals surface area contributed by atoms with E-state index >= 15 is 0 Å². The summed E-state index contributed by atoms with van der Waals surface area (Å²) in [5, 5.41) is 5.50. The van der Waals surface area contributed by atoms with Crippen LogP contribution in [0.15, 0.2) is 54.6 Å². The van der Waals surface area contributed by atoms with Crippen molar-refractivity contribution >= 4 is 38.1 Å². The summed E-state index contributed by atoms with van der Waals surface area (Å²) < 4.78 is 2.44. The maximum atomic E-state index is 2.44. The normalized spacial score (nSPS) is 12.3. The molecule has 5 rings (SSSR count). The van der Waals surface area contributed by atoms with Crippen LogP contribution in [0.4, 0.5) is 0 Å². The van der Waals surface area contributed by atoms with Crippen LogP contribution in [-0.4, -0.2) is 4.40 Å². The van der Waals surface area contributed by atoms with Crippen LogP contribution < -0.4 is 0 Å². The van der Waals surface area contributed by atoms with Gasteiger partial charge in [0.15, 0.2) is 0 Å². The van der Waals surface area contributed by atoms with E-state index < -0.39 is 0 Å². The third-order valence-corrected chi connectivity index (χ3v) is 4.91. The predicted molar refractivity (Wildman–Crippen MR) is 95.2 cm³/mol. The zero-order chi connectivity index (χ0) is 14.8. The van der Waals surface area contributed by atoms with E-state index in [0.717, 1.165) is 6.42 Å². The first kappa shape index (κ1) is 12.0. The lowest BCUT2D eigenvalue weighted by Gasteiger charge is -2.00. The van der Waals surface area contributed by atoms with E-state index in [4.69, 9.17) is 0 Å². The molecule has 106 valence electrons. The minimum Gasteiger partial charge on any atom is -0.308 e. The molecule has 0 saturated heterocycles. The number of aryl methyl sites for hydroxylation is 2. The Labute approximate surface area is 129 Å². The Morgan fingerprint density at radius 2 is 1.50 bits per heavy atom. The van der Waals surface area contributed by atoms with Gasteiger partial charge < -0.3 is 4.40 Å². The number of benzene rings is 3. The molecular formula is C21H17N. The number of fused-ring (bicyclic) bond motifs is 6. The second kappa shape index (κ2) is 4.01. The van der Waals surface area contributed by atoms with E-state index in [2.05, 4.69) is 72.8 Å². The van der Waals surface area contributed by atoms with Gasteiger partial charge in [0.25, 0.3) is 0 Å². The molecule has 0 bridgehead atoms. The molecule has 1 heteroatoms. The molecule has 0 spiro atoms. The first-order valence-electron chi connectivity index (χ1n) is 7.95. The zero-order valence-corrected chi connectivity index (χ0v) is 12.9. The molecular weight excluding hydrogens is 266 g/mol. The Balaban J connectivity index is 2.18. The fourth-order valence-electron chi connectivity index (χ4n) is 3.91. The summed E-state index contributed by atoms with van der Waals surface area (Å²) in [5.74, 6) is 0. The van der Waals surface area contributed by atoms with E-state index in [0.29, 0.717) is 0 Å². The molecule has 0 atom stereocenters. The van der Waals surface area contributed by atoms with Crippen LogP contribution in [0.3, 0.4) is 0 Å². The standard InChI is InChI=1S/C21H17N/c1-3-14-8-9-20-16(12-14)18-11-13(2)10-17-15-6-4-5-7-19(15)22(20)21(17)18/h4-12H,3H2,1-2H3. The molecule has 0 amide bonds. The highest BCUT2D eigenvalue weighted by molar-refractivity contribution is 6.23. The predicted octanol–water partition coefficient (Wildman–Crippen LogP) is 5.71. The second-order valence-corrected chi connectivity index (χ2v) is 6.27. The van der Waals surface area contributed by atoms with Gasteiger partial charge in [-0.1, -0.05) is 31.2 Å². The van der Waals surface area contributed by atoms with Gasteiger partial charge in [-0.2, -0.15) is 0 Å². The first-order valence-corrected chi connectivity index (χ1v) is 7.95. The summed E-state index contributed by atoms with van der Waals surface area (Å²) >= 11 is 0. The number of aromatic nitrogens is 1. The Morgan fingerprint density at radius 3 is 2.32 bits per heavy atom. The van der Waals surface area contributed by atoms with Crippen LogP contribution in [0, 0.1) is 6.92 Å². The molecule has 1 nitrogen and oxygen atoms in total. The van der Waals surface area contributed by atoms with Crippen LogP contribution in [0.2, 0.25) is 0 Å². The highest BCUT2D eigenvalue weighted by Crippen LogP contribution is 2.39. The van der Waals surface area contributed by atoms with E-state index in [1.54, 1.807) is 0 Å². The lowest BCUT2D eigenvalue weighted by atomic mass is 10.0. The molecule has 0 aliphatic heterocycles. The summed E-state index contributed by atoms with van der Waals surface area (Å²) in [4.78, 5) is 0. The number of nitrogens with zero attached hydrogens (tertiary/aromatic N) is 1. The topological polar surface area (TPSA) is 4.41 Å². The van der Waals surface area contributed by atoms with Gasteiger partial charge in [-0.3, -0.25) is 0 Å². The van der Waals surface area contributed by atoms with Crippen molar-refractivity contribution in [2.45, 2.75) is 20.3 Å². The largest absolute Gasteiger partial charge is 0.308 e. The van der Waals surface area contributed by atoms with Gasteiger partial charge in [-0.25, -0.2) is 0 Å². The molecule has 0 saturated carbocycles. The van der Waals surface area contributed by atoms with Gasteiger partial charge in [0.2, 0.25) is 0 Å². The zero-order valence-electron chi connectivity index (χ0n) is 12.9. The molecule has 0 aliphatic rings. The average molecular weight is 283 g/mol. The first-order chi connectivity index (χ1) is 10.8. The quantitative estimate of drug-likeness (QED) is 0.371. The fourth-order valence-corrected chi connectivity index (χ4v) is 3.91.